The quantitative estimate of drug-likeness (QED) is 0.383. The molecule has 0 radical (unpaired) electrons. The maximum absolute atomic E-state index is 15.0. The molecule has 0 unspecified atom stereocenters. The molecule has 4 rings (SSSR count). The second kappa shape index (κ2) is 8.57. The van der Waals surface area contributed by atoms with Gasteiger partial charge in [0, 0.05) is 24.0 Å². The highest BCUT2D eigenvalue weighted by Crippen LogP contribution is 2.37. The van der Waals surface area contributed by atoms with Crippen molar-refractivity contribution in [3.05, 3.63) is 71.0 Å². The lowest BCUT2D eigenvalue weighted by atomic mass is 10.1. The molecule has 0 saturated heterocycles. The lowest BCUT2D eigenvalue weighted by molar-refractivity contribution is 0.588. The first-order valence-corrected chi connectivity index (χ1v) is 13.0. The van der Waals surface area contributed by atoms with Crippen molar-refractivity contribution in [3.8, 4) is 11.3 Å². The summed E-state index contributed by atoms with van der Waals surface area (Å²) in [5.74, 6) is -0.527. The van der Waals surface area contributed by atoms with Gasteiger partial charge in [0.25, 0.3) is 0 Å². The van der Waals surface area contributed by atoms with E-state index in [0.29, 0.717) is 38.4 Å². The second-order valence-electron chi connectivity index (χ2n) is 7.95. The number of aromatic nitrogens is 4. The molecule has 32 heavy (non-hydrogen) atoms. The van der Waals surface area contributed by atoms with Gasteiger partial charge < -0.3 is 9.88 Å². The Kier molecular flexibility index (Phi) is 5.97. The normalized spacial score (nSPS) is 12.7. The SMILES string of the molecule is Cc1nc2cc(F)c(-c3ccc(P(C)(C)=O)nc3)nc2c(N[C@H](C)c2ccccn2)c1Cl. The number of anilines is 1. The van der Waals surface area contributed by atoms with Crippen LogP contribution in [0.2, 0.25) is 5.02 Å². The average molecular weight is 470 g/mol. The van der Waals surface area contributed by atoms with Crippen LogP contribution in [-0.4, -0.2) is 33.3 Å². The molecule has 0 bridgehead atoms. The van der Waals surface area contributed by atoms with Gasteiger partial charge >= 0.3 is 0 Å². The zero-order chi connectivity index (χ0) is 23.0. The van der Waals surface area contributed by atoms with Crippen LogP contribution in [0.3, 0.4) is 0 Å². The number of halogens is 2. The summed E-state index contributed by atoms with van der Waals surface area (Å²) in [6, 6.07) is 10.2. The Morgan fingerprint density at radius 1 is 1.12 bits per heavy atom. The van der Waals surface area contributed by atoms with Crippen molar-refractivity contribution in [1.29, 1.82) is 0 Å². The van der Waals surface area contributed by atoms with E-state index in [0.717, 1.165) is 5.69 Å². The van der Waals surface area contributed by atoms with E-state index in [-0.39, 0.29) is 11.7 Å². The van der Waals surface area contributed by atoms with E-state index in [4.69, 9.17) is 11.6 Å². The fourth-order valence-electron chi connectivity index (χ4n) is 3.36. The minimum atomic E-state index is -2.51. The Morgan fingerprint density at radius 3 is 2.53 bits per heavy atom. The van der Waals surface area contributed by atoms with Crippen LogP contribution in [0.25, 0.3) is 22.3 Å². The number of pyridine rings is 4. The first-order valence-electron chi connectivity index (χ1n) is 10.0. The number of aryl methyl sites for hydroxylation is 1. The fourth-order valence-corrected chi connectivity index (χ4v) is 4.32. The smallest absolute Gasteiger partial charge is 0.151 e. The fraction of sp³-hybridized carbons (Fsp3) is 0.217. The van der Waals surface area contributed by atoms with Gasteiger partial charge in [0.15, 0.2) is 5.82 Å². The lowest BCUT2D eigenvalue weighted by Gasteiger charge is -2.18. The van der Waals surface area contributed by atoms with Gasteiger partial charge in [-0.1, -0.05) is 17.7 Å². The molecule has 1 N–H and O–H groups in total. The molecular weight excluding hydrogens is 448 g/mol. The summed E-state index contributed by atoms with van der Waals surface area (Å²) >= 11 is 6.59. The highest BCUT2D eigenvalue weighted by molar-refractivity contribution is 7.69. The number of nitrogens with one attached hydrogen (secondary N) is 1. The molecule has 0 spiro atoms. The molecule has 4 aromatic heterocycles. The highest BCUT2D eigenvalue weighted by Gasteiger charge is 2.20. The van der Waals surface area contributed by atoms with Gasteiger partial charge in [-0.3, -0.25) is 9.97 Å². The van der Waals surface area contributed by atoms with E-state index in [1.54, 1.807) is 38.6 Å². The highest BCUT2D eigenvalue weighted by atomic mass is 35.5. The van der Waals surface area contributed by atoms with Crippen molar-refractivity contribution < 1.29 is 8.96 Å². The molecule has 4 aromatic rings. The lowest BCUT2D eigenvalue weighted by Crippen LogP contribution is -2.11. The summed E-state index contributed by atoms with van der Waals surface area (Å²) in [4.78, 5) is 17.6. The Hall–Kier alpha value is -2.89. The van der Waals surface area contributed by atoms with Gasteiger partial charge in [0.1, 0.15) is 18.4 Å². The molecule has 9 heteroatoms. The van der Waals surface area contributed by atoms with Crippen LogP contribution in [0, 0.1) is 12.7 Å². The number of nitrogens with zero attached hydrogens (tertiary/aromatic N) is 4. The Balaban J connectivity index is 1.84. The molecule has 1 atom stereocenters. The average Bonchev–Trinajstić information content (AvgIpc) is 2.76. The first-order chi connectivity index (χ1) is 15.1. The standard InChI is InChI=1S/C23H22ClFN5OP/c1-13(17-7-5-6-10-26-17)29-23-20(24)14(2)28-18-11-16(25)21(30-22(18)23)15-8-9-19(27-12-15)32(3,4)31/h5-13H,1-4H3,(H,28,29)/t13-/m1/s1. The number of hydrogen-bond acceptors (Lipinski definition) is 6. The van der Waals surface area contributed by atoms with E-state index in [1.807, 2.05) is 25.1 Å². The zero-order valence-corrected chi connectivity index (χ0v) is 19.7. The third-order valence-corrected chi connectivity index (χ3v) is 6.91. The summed E-state index contributed by atoms with van der Waals surface area (Å²) in [5.41, 5.74) is 3.86. The molecule has 0 saturated carbocycles. The van der Waals surface area contributed by atoms with Crippen molar-refractivity contribution >= 4 is 40.9 Å². The Labute approximate surface area is 190 Å². The second-order valence-corrected chi connectivity index (χ2v) is 11.5. The summed E-state index contributed by atoms with van der Waals surface area (Å²) in [6.07, 6.45) is 3.21. The minimum Gasteiger partial charge on any atom is -0.374 e. The summed E-state index contributed by atoms with van der Waals surface area (Å²) in [6.45, 7) is 7.00. The molecule has 4 heterocycles. The minimum absolute atomic E-state index is 0.119. The molecule has 0 aromatic carbocycles. The van der Waals surface area contributed by atoms with Gasteiger partial charge in [-0.25, -0.2) is 14.4 Å². The Bertz CT molecular complexity index is 1340. The predicted molar refractivity (Wildman–Crippen MR) is 128 cm³/mol. The number of hydrogen-bond donors (Lipinski definition) is 1. The zero-order valence-electron chi connectivity index (χ0n) is 18.1. The number of rotatable bonds is 5. The summed E-state index contributed by atoms with van der Waals surface area (Å²) in [7, 11) is -2.51. The van der Waals surface area contributed by atoms with Crippen molar-refractivity contribution in [1.82, 2.24) is 19.9 Å². The van der Waals surface area contributed by atoms with Crippen molar-refractivity contribution in [3.63, 3.8) is 0 Å². The molecule has 164 valence electrons. The van der Waals surface area contributed by atoms with Gasteiger partial charge in [-0.05, 0) is 51.4 Å². The predicted octanol–water partition coefficient (Wildman–Crippen LogP) is 5.61. The van der Waals surface area contributed by atoms with Crippen LogP contribution in [0.15, 0.2) is 48.8 Å². The third-order valence-electron chi connectivity index (χ3n) is 5.08. The molecule has 0 aliphatic rings. The van der Waals surface area contributed by atoms with E-state index >= 15 is 0 Å². The van der Waals surface area contributed by atoms with Crippen LogP contribution < -0.4 is 10.8 Å². The van der Waals surface area contributed by atoms with Gasteiger partial charge in [-0.15, -0.1) is 0 Å². The maximum Gasteiger partial charge on any atom is 0.151 e. The van der Waals surface area contributed by atoms with Crippen LogP contribution in [-0.2, 0) is 4.57 Å². The van der Waals surface area contributed by atoms with Crippen LogP contribution in [0.5, 0.6) is 0 Å². The largest absolute Gasteiger partial charge is 0.374 e. The molecule has 0 fully saturated rings. The monoisotopic (exact) mass is 469 g/mol. The van der Waals surface area contributed by atoms with Crippen LogP contribution >= 0.6 is 18.7 Å². The van der Waals surface area contributed by atoms with E-state index in [2.05, 4.69) is 25.3 Å². The topological polar surface area (TPSA) is 80.7 Å². The summed E-state index contributed by atoms with van der Waals surface area (Å²) in [5, 5.41) is 3.78. The Morgan fingerprint density at radius 2 is 1.91 bits per heavy atom. The molecule has 0 aliphatic heterocycles. The van der Waals surface area contributed by atoms with E-state index in [1.165, 1.54) is 12.3 Å². The van der Waals surface area contributed by atoms with Gasteiger partial charge in [-0.2, -0.15) is 0 Å². The van der Waals surface area contributed by atoms with Crippen molar-refractivity contribution in [2.75, 3.05) is 18.6 Å². The molecular formula is C23H22ClFN5OP. The van der Waals surface area contributed by atoms with Gasteiger partial charge in [0.2, 0.25) is 0 Å². The van der Waals surface area contributed by atoms with Crippen molar-refractivity contribution in [2.24, 2.45) is 0 Å². The third kappa shape index (κ3) is 4.36. The molecule has 6 nitrogen and oxygen atoms in total. The van der Waals surface area contributed by atoms with Gasteiger partial charge in [0.05, 0.1) is 39.1 Å². The van der Waals surface area contributed by atoms with Crippen molar-refractivity contribution in [2.45, 2.75) is 19.9 Å². The van der Waals surface area contributed by atoms with E-state index < -0.39 is 13.0 Å². The number of fused-ring (bicyclic) bond motifs is 1. The summed E-state index contributed by atoms with van der Waals surface area (Å²) < 4.78 is 27.2. The van der Waals surface area contributed by atoms with E-state index in [9.17, 15) is 8.96 Å². The maximum atomic E-state index is 15.0. The van der Waals surface area contributed by atoms with Crippen LogP contribution in [0.4, 0.5) is 10.1 Å². The molecule has 0 amide bonds. The first kappa shape index (κ1) is 22.3. The molecule has 0 aliphatic carbocycles. The van der Waals surface area contributed by atoms with Crippen LogP contribution in [0.1, 0.15) is 24.4 Å².